The van der Waals surface area contributed by atoms with E-state index in [1.165, 1.54) is 5.56 Å². The van der Waals surface area contributed by atoms with E-state index >= 15 is 0 Å². The van der Waals surface area contributed by atoms with Gasteiger partial charge >= 0.3 is 0 Å². The summed E-state index contributed by atoms with van der Waals surface area (Å²) in [5.74, 6) is 0. The SMILES string of the molecule is CCC1=C[C@H](c2ccccc2)SC(N)=N1. The first kappa shape index (κ1) is 10.3. The zero-order valence-electron chi connectivity index (χ0n) is 8.68. The quantitative estimate of drug-likeness (QED) is 0.828. The van der Waals surface area contributed by atoms with Crippen LogP contribution in [0.2, 0.25) is 0 Å². The highest BCUT2D eigenvalue weighted by Gasteiger charge is 2.16. The van der Waals surface area contributed by atoms with Gasteiger partial charge in [0.05, 0.1) is 5.25 Å². The third-order valence-electron chi connectivity index (χ3n) is 2.34. The highest BCUT2D eigenvalue weighted by Crippen LogP contribution is 2.35. The van der Waals surface area contributed by atoms with E-state index in [1.807, 2.05) is 6.07 Å². The third-order valence-corrected chi connectivity index (χ3v) is 3.33. The molecule has 1 aliphatic heterocycles. The van der Waals surface area contributed by atoms with E-state index in [-0.39, 0.29) is 0 Å². The first-order valence-corrected chi connectivity index (χ1v) is 5.94. The Morgan fingerprint density at radius 3 is 2.73 bits per heavy atom. The van der Waals surface area contributed by atoms with Crippen LogP contribution in [0, 0.1) is 0 Å². The minimum atomic E-state index is 0.318. The van der Waals surface area contributed by atoms with E-state index in [9.17, 15) is 0 Å². The number of hydrogen-bond donors (Lipinski definition) is 1. The molecule has 0 fully saturated rings. The molecule has 1 heterocycles. The molecule has 0 saturated heterocycles. The molecule has 0 bridgehead atoms. The lowest BCUT2D eigenvalue weighted by Gasteiger charge is -2.17. The van der Waals surface area contributed by atoms with Gasteiger partial charge in [0.2, 0.25) is 0 Å². The van der Waals surface area contributed by atoms with Crippen molar-refractivity contribution in [3.63, 3.8) is 0 Å². The van der Waals surface area contributed by atoms with E-state index in [4.69, 9.17) is 5.73 Å². The van der Waals surface area contributed by atoms with Crippen LogP contribution in [-0.2, 0) is 0 Å². The maximum atomic E-state index is 5.80. The summed E-state index contributed by atoms with van der Waals surface area (Å²) in [5, 5.41) is 0.988. The van der Waals surface area contributed by atoms with Crippen molar-refractivity contribution in [3.8, 4) is 0 Å². The van der Waals surface area contributed by atoms with E-state index in [1.54, 1.807) is 11.8 Å². The maximum Gasteiger partial charge on any atom is 0.159 e. The number of rotatable bonds is 2. The van der Waals surface area contributed by atoms with Crippen molar-refractivity contribution < 1.29 is 0 Å². The predicted molar refractivity (Wildman–Crippen MR) is 66.8 cm³/mol. The van der Waals surface area contributed by atoms with Gasteiger partial charge in [0.1, 0.15) is 0 Å². The van der Waals surface area contributed by atoms with E-state index in [0.717, 1.165) is 12.1 Å². The van der Waals surface area contributed by atoms with Crippen LogP contribution < -0.4 is 5.73 Å². The van der Waals surface area contributed by atoms with Crippen LogP contribution in [0.3, 0.4) is 0 Å². The van der Waals surface area contributed by atoms with Crippen LogP contribution in [0.5, 0.6) is 0 Å². The second kappa shape index (κ2) is 4.53. The van der Waals surface area contributed by atoms with Gasteiger partial charge in [-0.05, 0) is 18.1 Å². The fourth-order valence-corrected chi connectivity index (χ4v) is 2.50. The topological polar surface area (TPSA) is 38.4 Å². The summed E-state index contributed by atoms with van der Waals surface area (Å²) >= 11 is 1.61. The zero-order valence-corrected chi connectivity index (χ0v) is 9.50. The highest BCUT2D eigenvalue weighted by atomic mass is 32.2. The van der Waals surface area contributed by atoms with Crippen molar-refractivity contribution >= 4 is 16.9 Å². The molecule has 0 radical (unpaired) electrons. The molecule has 1 aromatic rings. The van der Waals surface area contributed by atoms with Gasteiger partial charge in [-0.3, -0.25) is 0 Å². The lowest BCUT2D eigenvalue weighted by atomic mass is 10.1. The molecule has 0 aromatic heterocycles. The van der Waals surface area contributed by atoms with Crippen molar-refractivity contribution in [1.29, 1.82) is 0 Å². The molecule has 3 heteroatoms. The molecule has 2 nitrogen and oxygen atoms in total. The van der Waals surface area contributed by atoms with Crippen LogP contribution in [0.25, 0.3) is 0 Å². The van der Waals surface area contributed by atoms with Gasteiger partial charge < -0.3 is 5.73 Å². The average Bonchev–Trinajstić information content (AvgIpc) is 2.29. The normalized spacial score (nSPS) is 20.7. The summed E-state index contributed by atoms with van der Waals surface area (Å²) in [6.45, 7) is 2.10. The fraction of sp³-hybridized carbons (Fsp3) is 0.250. The van der Waals surface area contributed by atoms with Gasteiger partial charge in [0, 0.05) is 5.70 Å². The third kappa shape index (κ3) is 2.42. The fourth-order valence-electron chi connectivity index (χ4n) is 1.55. The number of hydrogen-bond acceptors (Lipinski definition) is 3. The van der Waals surface area contributed by atoms with Gasteiger partial charge in [-0.1, -0.05) is 49.0 Å². The average molecular weight is 218 g/mol. The Morgan fingerprint density at radius 2 is 2.07 bits per heavy atom. The Morgan fingerprint density at radius 1 is 1.33 bits per heavy atom. The maximum absolute atomic E-state index is 5.80. The highest BCUT2D eigenvalue weighted by molar-refractivity contribution is 8.14. The Kier molecular flexibility index (Phi) is 3.11. The largest absolute Gasteiger partial charge is 0.378 e. The second-order valence-corrected chi connectivity index (χ2v) is 4.57. The molecule has 2 rings (SSSR count). The number of amidine groups is 1. The van der Waals surface area contributed by atoms with E-state index in [2.05, 4.69) is 42.3 Å². The number of allylic oxidation sites excluding steroid dienone is 1. The van der Waals surface area contributed by atoms with Gasteiger partial charge in [-0.15, -0.1) is 0 Å². The Bertz CT molecular complexity index is 395. The molecular weight excluding hydrogens is 204 g/mol. The zero-order chi connectivity index (χ0) is 10.7. The molecule has 1 aromatic carbocycles. The molecular formula is C12H14N2S. The summed E-state index contributed by atoms with van der Waals surface area (Å²) < 4.78 is 0. The Labute approximate surface area is 94.3 Å². The molecule has 0 unspecified atom stereocenters. The van der Waals surface area contributed by atoms with Crippen molar-refractivity contribution in [2.75, 3.05) is 0 Å². The Hall–Kier alpha value is -1.22. The molecule has 0 aliphatic carbocycles. The number of nitrogens with two attached hydrogens (primary N) is 1. The predicted octanol–water partition coefficient (Wildman–Crippen LogP) is 3.08. The summed E-state index contributed by atoms with van der Waals surface area (Å²) in [6.07, 6.45) is 3.13. The summed E-state index contributed by atoms with van der Waals surface area (Å²) in [4.78, 5) is 4.29. The standard InChI is InChI=1S/C12H14N2S/c1-2-10-8-11(15-12(13)14-10)9-6-4-3-5-7-9/h3-8,11H,2H2,1H3,(H2,13,14)/t11-/m1/s1. The van der Waals surface area contributed by atoms with Crippen molar-refractivity contribution in [1.82, 2.24) is 0 Å². The van der Waals surface area contributed by atoms with Crippen molar-refractivity contribution in [2.45, 2.75) is 18.6 Å². The van der Waals surface area contributed by atoms with Crippen LogP contribution >= 0.6 is 11.8 Å². The van der Waals surface area contributed by atoms with Gasteiger partial charge in [-0.25, -0.2) is 4.99 Å². The van der Waals surface area contributed by atoms with E-state index in [0.29, 0.717) is 10.4 Å². The van der Waals surface area contributed by atoms with Gasteiger partial charge in [0.25, 0.3) is 0 Å². The monoisotopic (exact) mass is 218 g/mol. The first-order chi connectivity index (χ1) is 7.29. The second-order valence-electron chi connectivity index (χ2n) is 3.41. The molecule has 15 heavy (non-hydrogen) atoms. The molecule has 2 N–H and O–H groups in total. The van der Waals surface area contributed by atoms with Crippen LogP contribution in [0.15, 0.2) is 47.1 Å². The molecule has 0 spiro atoms. The number of benzene rings is 1. The summed E-state index contributed by atoms with van der Waals surface area (Å²) in [6, 6.07) is 10.4. The summed E-state index contributed by atoms with van der Waals surface area (Å²) in [7, 11) is 0. The number of nitrogens with zero attached hydrogens (tertiary/aromatic N) is 1. The molecule has 78 valence electrons. The lowest BCUT2D eigenvalue weighted by molar-refractivity contribution is 1.03. The van der Waals surface area contributed by atoms with E-state index < -0.39 is 0 Å². The molecule has 1 aliphatic rings. The lowest BCUT2D eigenvalue weighted by Crippen LogP contribution is -2.12. The number of aliphatic imine (C=N–C) groups is 1. The molecule has 0 saturated carbocycles. The molecule has 0 amide bonds. The van der Waals surface area contributed by atoms with Crippen molar-refractivity contribution in [2.24, 2.45) is 10.7 Å². The number of thioether (sulfide) groups is 1. The smallest absolute Gasteiger partial charge is 0.159 e. The van der Waals surface area contributed by atoms with Gasteiger partial charge in [0.15, 0.2) is 5.17 Å². The van der Waals surface area contributed by atoms with Crippen LogP contribution in [0.4, 0.5) is 0 Å². The van der Waals surface area contributed by atoms with Crippen LogP contribution in [0.1, 0.15) is 24.2 Å². The minimum absolute atomic E-state index is 0.318. The van der Waals surface area contributed by atoms with Gasteiger partial charge in [-0.2, -0.15) is 0 Å². The van der Waals surface area contributed by atoms with Crippen molar-refractivity contribution in [3.05, 3.63) is 47.7 Å². The first-order valence-electron chi connectivity index (χ1n) is 5.06. The molecule has 1 atom stereocenters. The van der Waals surface area contributed by atoms with Crippen LogP contribution in [-0.4, -0.2) is 5.17 Å². The Balaban J connectivity index is 2.26. The minimum Gasteiger partial charge on any atom is -0.378 e. The summed E-state index contributed by atoms with van der Waals surface area (Å²) in [5.41, 5.74) is 8.17.